The summed E-state index contributed by atoms with van der Waals surface area (Å²) in [6.45, 7) is 2.26. The van der Waals surface area contributed by atoms with Gasteiger partial charge in [-0.05, 0) is 0 Å². The minimum absolute atomic E-state index is 0. The van der Waals surface area contributed by atoms with E-state index in [2.05, 4.69) is 53.2 Å². The van der Waals surface area contributed by atoms with E-state index < -0.39 is 23.2 Å². The number of rotatable bonds is 2. The topological polar surface area (TPSA) is 0 Å². The van der Waals surface area contributed by atoms with Crippen molar-refractivity contribution in [1.82, 2.24) is 0 Å². The van der Waals surface area contributed by atoms with Gasteiger partial charge >= 0.3 is 134 Å². The molecule has 0 spiro atoms. The Morgan fingerprint density at radius 2 is 2.05 bits per heavy atom. The molecule has 1 atom stereocenters. The zero-order chi connectivity index (χ0) is 12.7. The zero-order valence-electron chi connectivity index (χ0n) is 10.8. The number of fused-ring (bicyclic) bond motifs is 1. The molecule has 0 N–H and O–H groups in total. The van der Waals surface area contributed by atoms with E-state index in [4.69, 9.17) is 11.6 Å². The Kier molecular flexibility index (Phi) is 7.29. The summed E-state index contributed by atoms with van der Waals surface area (Å²) in [6.07, 6.45) is 10.3. The minimum Gasteiger partial charge on any atom is -1.00 e. The van der Waals surface area contributed by atoms with Gasteiger partial charge < -0.3 is 24.8 Å². The van der Waals surface area contributed by atoms with Crippen LogP contribution in [0.1, 0.15) is 28.1 Å². The van der Waals surface area contributed by atoms with Crippen molar-refractivity contribution in [2.75, 3.05) is 0 Å². The number of halogens is 4. The second-order valence-electron chi connectivity index (χ2n) is 4.68. The Morgan fingerprint density at radius 3 is 2.70 bits per heavy atom. The van der Waals surface area contributed by atoms with Crippen LogP contribution >= 0.6 is 27.5 Å². The first kappa shape index (κ1) is 18.7. The summed E-state index contributed by atoms with van der Waals surface area (Å²) in [5.41, 5.74) is 4.29. The molecule has 0 saturated carbocycles. The molecule has 1 aromatic rings. The second-order valence-corrected chi connectivity index (χ2v) is 9.68. The van der Waals surface area contributed by atoms with Crippen LogP contribution in [-0.2, 0) is 23.2 Å². The first-order valence-electron chi connectivity index (χ1n) is 5.94. The van der Waals surface area contributed by atoms with Gasteiger partial charge in [0, 0.05) is 0 Å². The average molecular weight is 470 g/mol. The number of allylic oxidation sites excluding steroid dienone is 5. The molecule has 0 aromatic heterocycles. The largest absolute Gasteiger partial charge is 1.00 e. The van der Waals surface area contributed by atoms with Crippen molar-refractivity contribution in [3.63, 3.8) is 0 Å². The van der Waals surface area contributed by atoms with Gasteiger partial charge in [0.2, 0.25) is 0 Å². The van der Waals surface area contributed by atoms with Crippen LogP contribution in [0.4, 0.5) is 0 Å². The first-order valence-corrected chi connectivity index (χ1v) is 9.76. The Hall–Kier alpha value is 0.673. The maximum Gasteiger partial charge on any atom is -1.00 e. The van der Waals surface area contributed by atoms with Crippen molar-refractivity contribution in [3.05, 3.63) is 59.8 Å². The van der Waals surface area contributed by atoms with E-state index in [1.807, 2.05) is 6.07 Å². The number of hydrogen-bond acceptors (Lipinski definition) is 0. The molecule has 0 bridgehead atoms. The van der Waals surface area contributed by atoms with Crippen LogP contribution in [0.5, 0.6) is 0 Å². The monoisotopic (exact) mass is 466 g/mol. The Morgan fingerprint density at radius 1 is 1.30 bits per heavy atom. The molecule has 0 aliphatic heterocycles. The molecule has 20 heavy (non-hydrogen) atoms. The molecule has 3 rings (SSSR count). The summed E-state index contributed by atoms with van der Waals surface area (Å²) in [4.78, 5) is 0. The summed E-state index contributed by atoms with van der Waals surface area (Å²) < 4.78 is 3.47. The van der Waals surface area contributed by atoms with Crippen LogP contribution < -0.4 is 24.8 Å². The summed E-state index contributed by atoms with van der Waals surface area (Å²) in [5.74, 6) is 0. The van der Waals surface area contributed by atoms with E-state index >= 15 is 0 Å². The van der Waals surface area contributed by atoms with Crippen LogP contribution in [0.2, 0.25) is 5.02 Å². The first-order chi connectivity index (χ1) is 8.65. The summed E-state index contributed by atoms with van der Waals surface area (Å²) in [6, 6.07) is 4.15. The fraction of sp³-hybridized carbons (Fsp3) is 0.200. The maximum absolute atomic E-state index is 6.20. The van der Waals surface area contributed by atoms with E-state index in [0.717, 1.165) is 9.50 Å². The molecule has 2 aliphatic rings. The molecule has 0 saturated heterocycles. The van der Waals surface area contributed by atoms with Gasteiger partial charge in [0.05, 0.1) is 0 Å². The summed E-state index contributed by atoms with van der Waals surface area (Å²) >= 11 is 9.24. The average Bonchev–Trinajstić information content (AvgIpc) is 2.91. The van der Waals surface area contributed by atoms with E-state index in [-0.39, 0.29) is 24.8 Å². The summed E-state index contributed by atoms with van der Waals surface area (Å²) in [5, 5.41) is 0.839. The Balaban J connectivity index is 0.000001000. The van der Waals surface area contributed by atoms with Gasteiger partial charge in [0.1, 0.15) is 0 Å². The zero-order valence-corrected chi connectivity index (χ0v) is 17.1. The third-order valence-corrected chi connectivity index (χ3v) is 8.66. The summed E-state index contributed by atoms with van der Waals surface area (Å²) in [7, 11) is 0. The molecule has 2 aliphatic carbocycles. The van der Waals surface area contributed by atoms with Crippen molar-refractivity contribution >= 4 is 33.6 Å². The number of benzene rings is 1. The van der Waals surface area contributed by atoms with Gasteiger partial charge in [-0.1, -0.05) is 0 Å². The standard InChI is InChI=1S/C10H7BrCl.C5H5.2ClH.Zr/c1-6-2-7-4-8(12)5-10(11)9(7)3-6;1-2-4-5-3-1;;;/h2-5H,1H3;1-3H,4H2;2*1H;/q;;;;+2/p-2. The van der Waals surface area contributed by atoms with Crippen LogP contribution in [0.25, 0.3) is 6.08 Å². The fourth-order valence-electron chi connectivity index (χ4n) is 2.48. The Labute approximate surface area is 157 Å². The predicted molar refractivity (Wildman–Crippen MR) is 77.4 cm³/mol. The van der Waals surface area contributed by atoms with E-state index in [9.17, 15) is 0 Å². The molecule has 0 heterocycles. The van der Waals surface area contributed by atoms with Crippen molar-refractivity contribution in [3.8, 4) is 0 Å². The van der Waals surface area contributed by atoms with E-state index in [0.29, 0.717) is 3.63 Å². The third kappa shape index (κ3) is 3.71. The van der Waals surface area contributed by atoms with Gasteiger partial charge in [-0.15, -0.1) is 0 Å². The van der Waals surface area contributed by atoms with Crippen LogP contribution in [0, 0.1) is 0 Å². The van der Waals surface area contributed by atoms with Gasteiger partial charge in [0.25, 0.3) is 0 Å². The van der Waals surface area contributed by atoms with Crippen LogP contribution in [0.15, 0.2) is 43.7 Å². The number of hydrogen-bond donors (Lipinski definition) is 0. The molecule has 0 nitrogen and oxygen atoms in total. The van der Waals surface area contributed by atoms with Gasteiger partial charge in [0.15, 0.2) is 0 Å². The van der Waals surface area contributed by atoms with Crippen molar-refractivity contribution < 1.29 is 48.0 Å². The second kappa shape index (κ2) is 7.79. The Bertz CT molecular complexity index is 605. The predicted octanol–water partition coefficient (Wildman–Crippen LogP) is -0.505. The van der Waals surface area contributed by atoms with Crippen LogP contribution in [-0.4, -0.2) is 0 Å². The molecule has 1 aromatic carbocycles. The minimum atomic E-state index is -0.582. The molecule has 0 amide bonds. The van der Waals surface area contributed by atoms with Crippen LogP contribution in [0.3, 0.4) is 0 Å². The fourth-order valence-corrected chi connectivity index (χ4v) is 7.13. The van der Waals surface area contributed by atoms with E-state index in [1.54, 1.807) is 3.28 Å². The van der Waals surface area contributed by atoms with Gasteiger partial charge in [-0.25, -0.2) is 0 Å². The molecular formula is C15H12BrCl3Zr. The van der Waals surface area contributed by atoms with Crippen molar-refractivity contribution in [2.24, 2.45) is 0 Å². The SMILES string of the molecule is CC1=Cc2c(Br)cc(Cl)cc2[CH]1[Zr+2][C]1=CC=CC1.[Cl-].[Cl-]. The molecule has 0 radical (unpaired) electrons. The van der Waals surface area contributed by atoms with Gasteiger partial charge in [-0.3, -0.25) is 0 Å². The van der Waals surface area contributed by atoms with Gasteiger partial charge in [-0.2, -0.15) is 0 Å². The molecule has 1 unspecified atom stereocenters. The molecule has 0 fully saturated rings. The smallest absolute Gasteiger partial charge is 1.00 e. The maximum atomic E-state index is 6.20. The van der Waals surface area contributed by atoms with Crippen molar-refractivity contribution in [1.29, 1.82) is 0 Å². The normalized spacial score (nSPS) is 18.4. The van der Waals surface area contributed by atoms with Crippen molar-refractivity contribution in [2.45, 2.75) is 17.0 Å². The van der Waals surface area contributed by atoms with E-state index in [1.165, 1.54) is 23.1 Å². The molecule has 5 heteroatoms. The quantitative estimate of drug-likeness (QED) is 0.548. The molecule has 104 valence electrons. The molecular weight excluding hydrogens is 458 g/mol. The third-order valence-electron chi connectivity index (χ3n) is 3.37.